The van der Waals surface area contributed by atoms with E-state index in [4.69, 9.17) is 17.3 Å². The molecule has 2 rings (SSSR count). The van der Waals surface area contributed by atoms with Crippen LogP contribution < -0.4 is 11.2 Å². The van der Waals surface area contributed by atoms with E-state index in [1.807, 2.05) is 24.3 Å². The fraction of sp³-hybridized carbons (Fsp3) is 0. The molecule has 0 aliphatic heterocycles. The zero-order valence-corrected chi connectivity index (χ0v) is 10.3. The van der Waals surface area contributed by atoms with Crippen molar-refractivity contribution in [2.45, 2.75) is 0 Å². The first-order valence-electron chi connectivity index (χ1n) is 4.80. The van der Waals surface area contributed by atoms with E-state index in [2.05, 4.69) is 27.7 Å². The number of nitrogens with one attached hydrogen (secondary N) is 1. The van der Waals surface area contributed by atoms with E-state index in [0.29, 0.717) is 10.7 Å². The molecule has 1 heterocycles. The molecule has 17 heavy (non-hydrogen) atoms. The summed E-state index contributed by atoms with van der Waals surface area (Å²) in [4.78, 5) is 4.38. The van der Waals surface area contributed by atoms with Gasteiger partial charge in [-0.25, -0.2) is 4.98 Å². The van der Waals surface area contributed by atoms with Gasteiger partial charge in [0.2, 0.25) is 0 Å². The summed E-state index contributed by atoms with van der Waals surface area (Å²) in [5.41, 5.74) is 9.15. The summed E-state index contributed by atoms with van der Waals surface area (Å²) in [6, 6.07) is 9.35. The summed E-state index contributed by atoms with van der Waals surface area (Å²) >= 11 is 10.8. The van der Waals surface area contributed by atoms with Crippen LogP contribution in [0.25, 0.3) is 10.9 Å². The monoisotopic (exact) mass is 264 g/mol. The fourth-order valence-corrected chi connectivity index (χ4v) is 1.70. The van der Waals surface area contributed by atoms with E-state index >= 15 is 0 Å². The first-order chi connectivity index (χ1) is 8.16. The molecule has 1 aromatic heterocycles. The zero-order chi connectivity index (χ0) is 12.3. The molecule has 86 valence electrons. The molecule has 1 aromatic carbocycles. The minimum atomic E-state index is 0.105. The Bertz CT molecular complexity index is 597. The van der Waals surface area contributed by atoms with Crippen molar-refractivity contribution in [3.05, 3.63) is 41.0 Å². The number of aromatic nitrogens is 1. The second-order valence-electron chi connectivity index (χ2n) is 3.28. The second kappa shape index (κ2) is 5.07. The van der Waals surface area contributed by atoms with Gasteiger partial charge in [0.05, 0.1) is 22.4 Å². The van der Waals surface area contributed by atoms with Gasteiger partial charge in [-0.3, -0.25) is 5.43 Å². The van der Waals surface area contributed by atoms with Gasteiger partial charge < -0.3 is 5.73 Å². The lowest BCUT2D eigenvalue weighted by Gasteiger charge is -2.01. The van der Waals surface area contributed by atoms with Crippen molar-refractivity contribution in [3.63, 3.8) is 0 Å². The highest BCUT2D eigenvalue weighted by Crippen LogP contribution is 2.21. The number of hydrazone groups is 1. The molecule has 6 heteroatoms. The third kappa shape index (κ3) is 2.89. The number of nitrogens with zero attached hydrogens (tertiary/aromatic N) is 2. The van der Waals surface area contributed by atoms with E-state index in [1.54, 1.807) is 6.07 Å². The number of fused-ring (bicyclic) bond motifs is 1. The van der Waals surface area contributed by atoms with Crippen LogP contribution in [0, 0.1) is 0 Å². The third-order valence-corrected chi connectivity index (χ3v) is 2.46. The Kier molecular flexibility index (Phi) is 3.51. The fourth-order valence-electron chi connectivity index (χ4n) is 1.38. The van der Waals surface area contributed by atoms with E-state index in [-0.39, 0.29) is 5.11 Å². The van der Waals surface area contributed by atoms with Crippen LogP contribution >= 0.6 is 23.8 Å². The van der Waals surface area contributed by atoms with Gasteiger partial charge >= 0.3 is 0 Å². The van der Waals surface area contributed by atoms with Crippen LogP contribution in [0.4, 0.5) is 0 Å². The van der Waals surface area contributed by atoms with E-state index in [1.165, 1.54) is 6.21 Å². The summed E-state index contributed by atoms with van der Waals surface area (Å²) in [7, 11) is 0. The Morgan fingerprint density at radius 1 is 1.47 bits per heavy atom. The normalized spacial score (nSPS) is 10.9. The number of nitrogens with two attached hydrogens (primary N) is 1. The number of hydrogen-bond acceptors (Lipinski definition) is 3. The van der Waals surface area contributed by atoms with Crippen molar-refractivity contribution in [1.82, 2.24) is 10.4 Å². The molecule has 0 atom stereocenters. The van der Waals surface area contributed by atoms with Gasteiger partial charge in [0.25, 0.3) is 0 Å². The molecular weight excluding hydrogens is 256 g/mol. The lowest BCUT2D eigenvalue weighted by molar-refractivity contribution is 1.04. The van der Waals surface area contributed by atoms with Crippen LogP contribution in [0.15, 0.2) is 35.4 Å². The minimum absolute atomic E-state index is 0.105. The van der Waals surface area contributed by atoms with Crippen molar-refractivity contribution < 1.29 is 0 Å². The highest BCUT2D eigenvalue weighted by atomic mass is 35.5. The summed E-state index contributed by atoms with van der Waals surface area (Å²) in [5.74, 6) is 0. The van der Waals surface area contributed by atoms with Gasteiger partial charge in [-0.1, -0.05) is 29.8 Å². The highest BCUT2D eigenvalue weighted by molar-refractivity contribution is 7.80. The van der Waals surface area contributed by atoms with Crippen LogP contribution in [-0.4, -0.2) is 16.3 Å². The van der Waals surface area contributed by atoms with Gasteiger partial charge in [-0.2, -0.15) is 5.10 Å². The molecule has 0 saturated heterocycles. The van der Waals surface area contributed by atoms with Gasteiger partial charge in [-0.15, -0.1) is 0 Å². The molecule has 0 bridgehead atoms. The number of thiocarbonyl (C=S) groups is 1. The highest BCUT2D eigenvalue weighted by Gasteiger charge is 2.01. The van der Waals surface area contributed by atoms with Crippen molar-refractivity contribution in [2.24, 2.45) is 10.8 Å². The third-order valence-electron chi connectivity index (χ3n) is 2.06. The Morgan fingerprint density at radius 3 is 3.00 bits per heavy atom. The van der Waals surface area contributed by atoms with Crippen LogP contribution in [0.5, 0.6) is 0 Å². The van der Waals surface area contributed by atoms with E-state index < -0.39 is 0 Å². The van der Waals surface area contributed by atoms with Crippen molar-refractivity contribution in [3.8, 4) is 0 Å². The summed E-state index contributed by atoms with van der Waals surface area (Å²) in [6.45, 7) is 0. The van der Waals surface area contributed by atoms with Crippen LogP contribution in [0.2, 0.25) is 5.02 Å². The van der Waals surface area contributed by atoms with E-state index in [0.717, 1.165) is 10.9 Å². The number of hydrogen-bond donors (Lipinski definition) is 2. The Labute approximate surface area is 108 Å². The smallest absolute Gasteiger partial charge is 0.184 e. The summed E-state index contributed by atoms with van der Waals surface area (Å²) in [6.07, 6.45) is 1.51. The van der Waals surface area contributed by atoms with Crippen LogP contribution in [0.1, 0.15) is 5.69 Å². The predicted octanol–water partition coefficient (Wildman–Crippen LogP) is 2.06. The molecule has 0 radical (unpaired) electrons. The molecule has 0 fully saturated rings. The molecule has 0 amide bonds. The molecular formula is C11H9ClN4S. The Morgan fingerprint density at radius 2 is 2.24 bits per heavy atom. The molecule has 2 aromatic rings. The van der Waals surface area contributed by atoms with Gasteiger partial charge in [0.15, 0.2) is 5.11 Å². The SMILES string of the molecule is NC(=S)NN=Cc1cc(Cl)c2ccccc2n1. The maximum Gasteiger partial charge on any atom is 0.184 e. The Hall–Kier alpha value is -1.72. The summed E-state index contributed by atoms with van der Waals surface area (Å²) < 4.78 is 0. The Balaban J connectivity index is 2.36. The molecule has 0 aliphatic rings. The topological polar surface area (TPSA) is 63.3 Å². The van der Waals surface area contributed by atoms with Gasteiger partial charge in [-0.05, 0) is 24.4 Å². The van der Waals surface area contributed by atoms with E-state index in [9.17, 15) is 0 Å². The molecule has 0 spiro atoms. The van der Waals surface area contributed by atoms with Gasteiger partial charge in [0, 0.05) is 5.39 Å². The molecule has 4 nitrogen and oxygen atoms in total. The maximum atomic E-state index is 6.13. The second-order valence-corrected chi connectivity index (χ2v) is 4.13. The zero-order valence-electron chi connectivity index (χ0n) is 8.72. The van der Waals surface area contributed by atoms with Crippen molar-refractivity contribution >= 4 is 46.0 Å². The predicted molar refractivity (Wildman–Crippen MR) is 74.3 cm³/mol. The van der Waals surface area contributed by atoms with Crippen molar-refractivity contribution in [1.29, 1.82) is 0 Å². The van der Waals surface area contributed by atoms with Crippen molar-refractivity contribution in [2.75, 3.05) is 0 Å². The standard InChI is InChI=1S/C11H9ClN4S/c12-9-5-7(6-14-16-11(13)17)15-10-4-2-1-3-8(9)10/h1-6H,(H3,13,16,17). The number of para-hydroxylation sites is 1. The lowest BCUT2D eigenvalue weighted by atomic mass is 10.2. The summed E-state index contributed by atoms with van der Waals surface area (Å²) in [5, 5.41) is 5.47. The molecule has 0 unspecified atom stereocenters. The largest absolute Gasteiger partial charge is 0.375 e. The number of pyridine rings is 1. The van der Waals surface area contributed by atoms with Gasteiger partial charge in [0.1, 0.15) is 0 Å². The average Bonchev–Trinajstić information content (AvgIpc) is 2.28. The first-order valence-corrected chi connectivity index (χ1v) is 5.59. The number of benzene rings is 1. The lowest BCUT2D eigenvalue weighted by Crippen LogP contribution is -2.24. The quantitative estimate of drug-likeness (QED) is 0.495. The first kappa shape index (κ1) is 11.8. The van der Waals surface area contributed by atoms with Crippen LogP contribution in [0.3, 0.4) is 0 Å². The number of rotatable bonds is 2. The average molecular weight is 265 g/mol. The van der Waals surface area contributed by atoms with Crippen LogP contribution in [-0.2, 0) is 0 Å². The maximum absolute atomic E-state index is 6.13. The molecule has 0 aliphatic carbocycles. The molecule has 0 saturated carbocycles. The molecule has 3 N–H and O–H groups in total. The minimum Gasteiger partial charge on any atom is -0.375 e. The number of halogens is 1.